The molecule has 0 aromatic heterocycles. The normalized spacial score (nSPS) is 16.4. The number of aliphatic hydroxyl groups is 1. The van der Waals surface area contributed by atoms with Crippen molar-refractivity contribution in [2.24, 2.45) is 5.92 Å². The van der Waals surface area contributed by atoms with Gasteiger partial charge in [0.15, 0.2) is 0 Å². The second-order valence-corrected chi connectivity index (χ2v) is 5.55. The Morgan fingerprint density at radius 1 is 1.37 bits per heavy atom. The van der Waals surface area contributed by atoms with Crippen molar-refractivity contribution in [2.45, 2.75) is 25.5 Å². The summed E-state index contributed by atoms with van der Waals surface area (Å²) in [5.74, 6) is 0.277. The van der Waals surface area contributed by atoms with E-state index < -0.39 is 6.10 Å². The lowest BCUT2D eigenvalue weighted by atomic mass is 10.1. The number of carbonyl (C=O) groups excluding carboxylic acids is 1. The molecule has 1 aromatic carbocycles. The predicted octanol–water partition coefficient (Wildman–Crippen LogP) is 1.25. The van der Waals surface area contributed by atoms with Crippen molar-refractivity contribution < 1.29 is 9.90 Å². The van der Waals surface area contributed by atoms with Gasteiger partial charge in [0.25, 0.3) is 5.91 Å². The molecule has 1 aliphatic rings. The van der Waals surface area contributed by atoms with E-state index in [0.29, 0.717) is 18.0 Å². The van der Waals surface area contributed by atoms with Crippen LogP contribution in [0, 0.1) is 5.92 Å². The molecule has 1 saturated carbocycles. The Bertz CT molecular complexity index is 424. The standard InChI is InChI=1S/C15H22N2O2/c1-17(2)10-11-3-5-13(6-4-11)15(19)16-9-14(18)12-7-8-12/h3-6,12,14,18H,7-10H2,1-2H3,(H,16,19). The number of nitrogens with zero attached hydrogens (tertiary/aromatic N) is 1. The third kappa shape index (κ3) is 4.33. The molecule has 1 atom stereocenters. The third-order valence-corrected chi connectivity index (χ3v) is 3.35. The monoisotopic (exact) mass is 262 g/mol. The van der Waals surface area contributed by atoms with E-state index in [4.69, 9.17) is 0 Å². The first-order valence-corrected chi connectivity index (χ1v) is 6.76. The highest BCUT2D eigenvalue weighted by Crippen LogP contribution is 2.32. The van der Waals surface area contributed by atoms with Crippen LogP contribution in [0.25, 0.3) is 0 Å². The molecule has 0 spiro atoms. The van der Waals surface area contributed by atoms with Gasteiger partial charge in [0.05, 0.1) is 6.10 Å². The molecule has 2 N–H and O–H groups in total. The van der Waals surface area contributed by atoms with Gasteiger partial charge in [-0.2, -0.15) is 0 Å². The predicted molar refractivity (Wildman–Crippen MR) is 74.9 cm³/mol. The van der Waals surface area contributed by atoms with Crippen molar-refractivity contribution >= 4 is 5.91 Å². The van der Waals surface area contributed by atoms with Crippen molar-refractivity contribution in [3.63, 3.8) is 0 Å². The summed E-state index contributed by atoms with van der Waals surface area (Å²) in [7, 11) is 4.03. The average molecular weight is 262 g/mol. The second kappa shape index (κ2) is 6.17. The van der Waals surface area contributed by atoms with Crippen LogP contribution in [0.4, 0.5) is 0 Å². The Balaban J connectivity index is 1.84. The lowest BCUT2D eigenvalue weighted by molar-refractivity contribution is 0.0901. The lowest BCUT2D eigenvalue weighted by Crippen LogP contribution is -2.33. The molecule has 4 heteroatoms. The van der Waals surface area contributed by atoms with Gasteiger partial charge in [-0.15, -0.1) is 0 Å². The fraction of sp³-hybridized carbons (Fsp3) is 0.533. The number of hydrogen-bond acceptors (Lipinski definition) is 3. The maximum absolute atomic E-state index is 11.9. The topological polar surface area (TPSA) is 52.6 Å². The van der Waals surface area contributed by atoms with E-state index in [1.54, 1.807) is 0 Å². The minimum Gasteiger partial charge on any atom is -0.391 e. The zero-order valence-corrected chi connectivity index (χ0v) is 11.6. The van der Waals surface area contributed by atoms with Gasteiger partial charge in [0, 0.05) is 18.7 Å². The number of amides is 1. The second-order valence-electron chi connectivity index (χ2n) is 5.55. The Kier molecular flexibility index (Phi) is 4.56. The van der Waals surface area contributed by atoms with E-state index in [-0.39, 0.29) is 5.91 Å². The van der Waals surface area contributed by atoms with Gasteiger partial charge < -0.3 is 15.3 Å². The number of benzene rings is 1. The van der Waals surface area contributed by atoms with E-state index in [0.717, 1.165) is 19.4 Å². The molecule has 19 heavy (non-hydrogen) atoms. The summed E-state index contributed by atoms with van der Waals surface area (Å²) in [6, 6.07) is 7.59. The number of carbonyl (C=O) groups is 1. The molecule has 0 aliphatic heterocycles. The van der Waals surface area contributed by atoms with Crippen molar-refractivity contribution in [3.05, 3.63) is 35.4 Å². The fourth-order valence-corrected chi connectivity index (χ4v) is 2.07. The van der Waals surface area contributed by atoms with Crippen LogP contribution in [-0.2, 0) is 6.54 Å². The Labute approximate surface area is 114 Å². The molecule has 0 saturated heterocycles. The van der Waals surface area contributed by atoms with E-state index in [2.05, 4.69) is 10.2 Å². The summed E-state index contributed by atoms with van der Waals surface area (Å²) >= 11 is 0. The fourth-order valence-electron chi connectivity index (χ4n) is 2.07. The average Bonchev–Trinajstić information content (AvgIpc) is 3.20. The molecule has 4 nitrogen and oxygen atoms in total. The molecular weight excluding hydrogens is 240 g/mol. The highest BCUT2D eigenvalue weighted by atomic mass is 16.3. The first-order chi connectivity index (χ1) is 9.06. The van der Waals surface area contributed by atoms with Crippen molar-refractivity contribution in [2.75, 3.05) is 20.6 Å². The summed E-state index contributed by atoms with van der Waals surface area (Å²) in [6.45, 7) is 1.21. The van der Waals surface area contributed by atoms with Crippen LogP contribution in [0.2, 0.25) is 0 Å². The SMILES string of the molecule is CN(C)Cc1ccc(C(=O)NCC(O)C2CC2)cc1. The highest BCUT2D eigenvalue weighted by Gasteiger charge is 2.29. The quantitative estimate of drug-likeness (QED) is 0.811. The van der Waals surface area contributed by atoms with Crippen LogP contribution >= 0.6 is 0 Å². The van der Waals surface area contributed by atoms with Gasteiger partial charge in [-0.1, -0.05) is 12.1 Å². The minimum absolute atomic E-state index is 0.115. The Hall–Kier alpha value is -1.39. The van der Waals surface area contributed by atoms with E-state index in [9.17, 15) is 9.90 Å². The number of nitrogens with one attached hydrogen (secondary N) is 1. The van der Waals surface area contributed by atoms with E-state index >= 15 is 0 Å². The molecule has 1 amide bonds. The van der Waals surface area contributed by atoms with E-state index in [1.165, 1.54) is 5.56 Å². The van der Waals surface area contributed by atoms with Gasteiger partial charge >= 0.3 is 0 Å². The van der Waals surface area contributed by atoms with Gasteiger partial charge in [0.2, 0.25) is 0 Å². The summed E-state index contributed by atoms with van der Waals surface area (Å²) < 4.78 is 0. The molecular formula is C15H22N2O2. The van der Waals surface area contributed by atoms with Gasteiger partial charge in [0.1, 0.15) is 0 Å². The summed E-state index contributed by atoms with van der Waals surface area (Å²) in [5, 5.41) is 12.5. The minimum atomic E-state index is -0.392. The molecule has 1 aliphatic carbocycles. The van der Waals surface area contributed by atoms with Crippen molar-refractivity contribution in [1.82, 2.24) is 10.2 Å². The molecule has 1 fully saturated rings. The smallest absolute Gasteiger partial charge is 0.251 e. The lowest BCUT2D eigenvalue weighted by Gasteiger charge is -2.12. The number of aliphatic hydroxyl groups excluding tert-OH is 1. The summed E-state index contributed by atoms with van der Waals surface area (Å²) in [5.41, 5.74) is 1.82. The van der Waals surface area contributed by atoms with Crippen molar-refractivity contribution in [3.8, 4) is 0 Å². The van der Waals surface area contributed by atoms with Crippen LogP contribution in [0.3, 0.4) is 0 Å². The maximum atomic E-state index is 11.9. The van der Waals surface area contributed by atoms with Crippen LogP contribution in [0.15, 0.2) is 24.3 Å². The molecule has 0 heterocycles. The summed E-state index contributed by atoms with van der Waals surface area (Å²) in [4.78, 5) is 14.0. The van der Waals surface area contributed by atoms with Crippen LogP contribution < -0.4 is 5.32 Å². The molecule has 2 rings (SSSR count). The molecule has 0 bridgehead atoms. The van der Waals surface area contributed by atoms with Gasteiger partial charge in [-0.25, -0.2) is 0 Å². The number of rotatable bonds is 6. The summed E-state index contributed by atoms with van der Waals surface area (Å²) in [6.07, 6.45) is 1.77. The van der Waals surface area contributed by atoms with Gasteiger partial charge in [-0.3, -0.25) is 4.79 Å². The largest absolute Gasteiger partial charge is 0.391 e. The van der Waals surface area contributed by atoms with Gasteiger partial charge in [-0.05, 0) is 50.6 Å². The molecule has 1 unspecified atom stereocenters. The Morgan fingerprint density at radius 3 is 2.53 bits per heavy atom. The molecule has 1 aromatic rings. The first kappa shape index (κ1) is 14.0. The van der Waals surface area contributed by atoms with Crippen LogP contribution in [0.5, 0.6) is 0 Å². The van der Waals surface area contributed by atoms with E-state index in [1.807, 2.05) is 38.4 Å². The Morgan fingerprint density at radius 2 is 2.00 bits per heavy atom. The first-order valence-electron chi connectivity index (χ1n) is 6.76. The number of hydrogen-bond donors (Lipinski definition) is 2. The molecule has 104 valence electrons. The van der Waals surface area contributed by atoms with Crippen molar-refractivity contribution in [1.29, 1.82) is 0 Å². The third-order valence-electron chi connectivity index (χ3n) is 3.35. The zero-order chi connectivity index (χ0) is 13.8. The van der Waals surface area contributed by atoms with Crippen LogP contribution in [-0.4, -0.2) is 42.7 Å². The molecule has 0 radical (unpaired) electrons. The highest BCUT2D eigenvalue weighted by molar-refractivity contribution is 5.94. The maximum Gasteiger partial charge on any atom is 0.251 e. The van der Waals surface area contributed by atoms with Crippen LogP contribution in [0.1, 0.15) is 28.8 Å². The zero-order valence-electron chi connectivity index (χ0n) is 11.6.